The number of carbonyl (C=O) groups excluding carboxylic acids is 2. The smallest absolute Gasteiger partial charge is 0.269 e. The maximum absolute atomic E-state index is 12.7. The Hall–Kier alpha value is -3.11. The fourth-order valence-corrected chi connectivity index (χ4v) is 4.96. The zero-order chi connectivity index (χ0) is 23.7. The fraction of sp³-hybridized carbons (Fsp3) is 0.391. The van der Waals surface area contributed by atoms with Crippen LogP contribution in [0.1, 0.15) is 43.0 Å². The molecule has 0 aliphatic carbocycles. The van der Waals surface area contributed by atoms with Crippen LogP contribution in [0.5, 0.6) is 11.5 Å². The first-order valence-electron chi connectivity index (χ1n) is 11.0. The minimum Gasteiger partial charge on any atom is -0.490 e. The van der Waals surface area contributed by atoms with E-state index in [-0.39, 0.29) is 22.8 Å². The largest absolute Gasteiger partial charge is 0.490 e. The second kappa shape index (κ2) is 11.7. The van der Waals surface area contributed by atoms with Gasteiger partial charge in [0, 0.05) is 25.1 Å². The fourth-order valence-electron chi connectivity index (χ4n) is 3.40. The van der Waals surface area contributed by atoms with Crippen LogP contribution < -0.4 is 20.3 Å². The van der Waals surface area contributed by atoms with Crippen LogP contribution in [-0.4, -0.2) is 50.8 Å². The molecule has 0 unspecified atom stereocenters. The number of nitrogens with one attached hydrogen (secondary N) is 2. The number of hydrogen-bond donors (Lipinski definition) is 2. The normalized spacial score (nSPS) is 14.0. The highest BCUT2D eigenvalue weighted by Crippen LogP contribution is 2.26. The number of carbonyl (C=O) groups is 2. The average molecular weight is 476 g/mol. The molecule has 2 aromatic rings. The lowest BCUT2D eigenvalue weighted by atomic mass is 10.2. The summed E-state index contributed by atoms with van der Waals surface area (Å²) in [6.45, 7) is 3.68. The van der Waals surface area contributed by atoms with Crippen LogP contribution in [-0.2, 0) is 14.8 Å². The third-order valence-corrected chi connectivity index (χ3v) is 6.96. The monoisotopic (exact) mass is 475 g/mol. The minimum absolute atomic E-state index is 0.0628. The van der Waals surface area contributed by atoms with Crippen LogP contribution in [0.15, 0.2) is 53.4 Å². The Balaban J connectivity index is 1.45. The van der Waals surface area contributed by atoms with Crippen LogP contribution in [0, 0.1) is 0 Å². The number of benzene rings is 2. The summed E-state index contributed by atoms with van der Waals surface area (Å²) in [5.74, 6) is 0.275. The van der Waals surface area contributed by atoms with Gasteiger partial charge in [0.2, 0.25) is 15.9 Å². The van der Waals surface area contributed by atoms with Gasteiger partial charge in [-0.05, 0) is 56.5 Å². The van der Waals surface area contributed by atoms with Crippen molar-refractivity contribution in [3.63, 3.8) is 0 Å². The predicted molar refractivity (Wildman–Crippen MR) is 122 cm³/mol. The van der Waals surface area contributed by atoms with Crippen molar-refractivity contribution in [2.75, 3.05) is 26.3 Å². The van der Waals surface area contributed by atoms with Gasteiger partial charge in [-0.15, -0.1) is 0 Å². The van der Waals surface area contributed by atoms with Gasteiger partial charge in [-0.25, -0.2) is 8.42 Å². The lowest BCUT2D eigenvalue weighted by Crippen LogP contribution is -2.41. The topological polar surface area (TPSA) is 114 Å². The van der Waals surface area contributed by atoms with Gasteiger partial charge in [0.1, 0.15) is 0 Å². The first-order valence-corrected chi connectivity index (χ1v) is 12.4. The number of para-hydroxylation sites is 2. The molecule has 0 saturated carbocycles. The Morgan fingerprint density at radius 2 is 1.67 bits per heavy atom. The summed E-state index contributed by atoms with van der Waals surface area (Å²) in [5, 5.41) is 0. The molecule has 0 atom stereocenters. The molecule has 33 heavy (non-hydrogen) atoms. The van der Waals surface area contributed by atoms with E-state index in [2.05, 4.69) is 10.9 Å². The quantitative estimate of drug-likeness (QED) is 0.403. The van der Waals surface area contributed by atoms with Gasteiger partial charge < -0.3 is 9.47 Å². The van der Waals surface area contributed by atoms with Crippen LogP contribution in [0.4, 0.5) is 0 Å². The molecule has 0 spiro atoms. The van der Waals surface area contributed by atoms with Gasteiger partial charge in [0.05, 0.1) is 18.1 Å². The van der Waals surface area contributed by atoms with Crippen molar-refractivity contribution >= 4 is 21.8 Å². The Morgan fingerprint density at radius 1 is 0.970 bits per heavy atom. The van der Waals surface area contributed by atoms with Crippen molar-refractivity contribution in [3.8, 4) is 11.5 Å². The van der Waals surface area contributed by atoms with E-state index in [1.807, 2.05) is 25.1 Å². The third kappa shape index (κ3) is 6.69. The van der Waals surface area contributed by atoms with E-state index in [0.29, 0.717) is 44.2 Å². The molecule has 3 rings (SSSR count). The standard InChI is InChI=1S/C23H29N3O6S/c1-2-31-20-11-3-4-12-21(20)32-16-8-13-22(27)24-25-23(28)18-9-7-10-19(17-18)33(29,30)26-14-5-6-15-26/h3-4,7,9-12,17H,2,5-6,8,13-16H2,1H3,(H,24,27)(H,25,28). The van der Waals surface area contributed by atoms with E-state index < -0.39 is 15.9 Å². The van der Waals surface area contributed by atoms with Gasteiger partial charge in [-0.3, -0.25) is 20.4 Å². The second-order valence-corrected chi connectivity index (χ2v) is 9.41. The van der Waals surface area contributed by atoms with Gasteiger partial charge in [0.15, 0.2) is 11.5 Å². The molecule has 1 heterocycles. The molecule has 1 fully saturated rings. The summed E-state index contributed by atoms with van der Waals surface area (Å²) < 4.78 is 37.9. The number of amides is 2. The zero-order valence-electron chi connectivity index (χ0n) is 18.6. The highest BCUT2D eigenvalue weighted by atomic mass is 32.2. The summed E-state index contributed by atoms with van der Waals surface area (Å²) in [7, 11) is -3.63. The predicted octanol–water partition coefficient (Wildman–Crippen LogP) is 2.49. The van der Waals surface area contributed by atoms with Crippen LogP contribution in [0.2, 0.25) is 0 Å². The molecule has 1 aliphatic rings. The molecule has 2 amide bonds. The zero-order valence-corrected chi connectivity index (χ0v) is 19.4. The summed E-state index contributed by atoms with van der Waals surface area (Å²) in [4.78, 5) is 24.5. The van der Waals surface area contributed by atoms with E-state index in [9.17, 15) is 18.0 Å². The maximum atomic E-state index is 12.7. The van der Waals surface area contributed by atoms with Gasteiger partial charge >= 0.3 is 0 Å². The molecule has 0 radical (unpaired) electrons. The Bertz CT molecular complexity index is 1070. The van der Waals surface area contributed by atoms with E-state index in [4.69, 9.17) is 9.47 Å². The molecule has 10 heteroatoms. The molecule has 1 saturated heterocycles. The molecule has 0 bridgehead atoms. The Morgan fingerprint density at radius 3 is 2.36 bits per heavy atom. The van der Waals surface area contributed by atoms with E-state index in [0.717, 1.165) is 12.8 Å². The van der Waals surface area contributed by atoms with Crippen molar-refractivity contribution in [2.24, 2.45) is 0 Å². The number of hydrogen-bond acceptors (Lipinski definition) is 6. The summed E-state index contributed by atoms with van der Waals surface area (Å²) in [6.07, 6.45) is 2.23. The van der Waals surface area contributed by atoms with Crippen LogP contribution in [0.25, 0.3) is 0 Å². The molecular formula is C23H29N3O6S. The van der Waals surface area contributed by atoms with Crippen LogP contribution >= 0.6 is 0 Å². The highest BCUT2D eigenvalue weighted by Gasteiger charge is 2.27. The summed E-state index contributed by atoms with van der Waals surface area (Å²) in [6, 6.07) is 13.1. The molecule has 2 aromatic carbocycles. The van der Waals surface area contributed by atoms with Gasteiger partial charge in [-0.1, -0.05) is 18.2 Å². The highest BCUT2D eigenvalue weighted by molar-refractivity contribution is 7.89. The van der Waals surface area contributed by atoms with Crippen molar-refractivity contribution in [2.45, 2.75) is 37.5 Å². The first kappa shape index (κ1) is 24.5. The molecule has 0 aromatic heterocycles. The number of nitrogens with zero attached hydrogens (tertiary/aromatic N) is 1. The second-order valence-electron chi connectivity index (χ2n) is 7.47. The van der Waals surface area contributed by atoms with Crippen molar-refractivity contribution in [1.29, 1.82) is 0 Å². The molecule has 178 valence electrons. The lowest BCUT2D eigenvalue weighted by molar-refractivity contribution is -0.122. The maximum Gasteiger partial charge on any atom is 0.269 e. The van der Waals surface area contributed by atoms with E-state index in [1.54, 1.807) is 6.07 Å². The van der Waals surface area contributed by atoms with E-state index >= 15 is 0 Å². The number of rotatable bonds is 10. The first-order chi connectivity index (χ1) is 15.9. The molecule has 2 N–H and O–H groups in total. The summed E-state index contributed by atoms with van der Waals surface area (Å²) >= 11 is 0. The van der Waals surface area contributed by atoms with Crippen molar-refractivity contribution in [1.82, 2.24) is 15.2 Å². The van der Waals surface area contributed by atoms with Crippen LogP contribution in [0.3, 0.4) is 0 Å². The van der Waals surface area contributed by atoms with Crippen molar-refractivity contribution < 1.29 is 27.5 Å². The molecular weight excluding hydrogens is 446 g/mol. The molecule has 1 aliphatic heterocycles. The number of ether oxygens (including phenoxy) is 2. The Kier molecular flexibility index (Phi) is 8.67. The van der Waals surface area contributed by atoms with Crippen molar-refractivity contribution in [3.05, 3.63) is 54.1 Å². The van der Waals surface area contributed by atoms with Gasteiger partial charge in [-0.2, -0.15) is 4.31 Å². The van der Waals surface area contributed by atoms with Gasteiger partial charge in [0.25, 0.3) is 5.91 Å². The number of hydrazine groups is 1. The lowest BCUT2D eigenvalue weighted by Gasteiger charge is -2.16. The third-order valence-electron chi connectivity index (χ3n) is 5.07. The SMILES string of the molecule is CCOc1ccccc1OCCCC(=O)NNC(=O)c1cccc(S(=O)(=O)N2CCCC2)c1. The average Bonchev–Trinajstić information content (AvgIpc) is 3.37. The number of sulfonamides is 1. The minimum atomic E-state index is -3.63. The Labute approximate surface area is 194 Å². The van der Waals surface area contributed by atoms with E-state index in [1.165, 1.54) is 28.6 Å². The molecule has 9 nitrogen and oxygen atoms in total. The summed E-state index contributed by atoms with van der Waals surface area (Å²) in [5.41, 5.74) is 4.81.